The minimum atomic E-state index is 0.191. The smallest absolute Gasteiger partial charge is 0.220 e. The van der Waals surface area contributed by atoms with E-state index in [2.05, 4.69) is 12.2 Å². The van der Waals surface area contributed by atoms with Gasteiger partial charge in [-0.05, 0) is 12.8 Å². The summed E-state index contributed by atoms with van der Waals surface area (Å²) < 4.78 is 0. The van der Waals surface area contributed by atoms with Crippen molar-refractivity contribution >= 4 is 5.91 Å². The molecule has 0 aromatic rings. The predicted octanol–water partition coefficient (Wildman–Crippen LogP) is 3.12. The Labute approximate surface area is 112 Å². The van der Waals surface area contributed by atoms with Gasteiger partial charge in [0.2, 0.25) is 5.91 Å². The molecule has 18 heavy (non-hydrogen) atoms. The number of amides is 1. The van der Waals surface area contributed by atoms with E-state index in [4.69, 9.17) is 5.73 Å². The summed E-state index contributed by atoms with van der Waals surface area (Å²) in [5.74, 6) is 0.191. The van der Waals surface area contributed by atoms with Crippen LogP contribution in [0, 0.1) is 0 Å². The zero-order chi connectivity index (χ0) is 13.2. The second-order valence-corrected chi connectivity index (χ2v) is 5.65. The standard InChI is InChI=1S/C15H30N2O/c1-2-3-4-5-6-7-8-9-10-11-15(18)17-14-12-13(14)16/h13-14H,2-12,16H2,1H3,(H,17,18). The van der Waals surface area contributed by atoms with Crippen LogP contribution in [0.1, 0.15) is 77.6 Å². The topological polar surface area (TPSA) is 55.1 Å². The first-order valence-electron chi connectivity index (χ1n) is 7.79. The average molecular weight is 254 g/mol. The summed E-state index contributed by atoms with van der Waals surface area (Å²) in [6.07, 6.45) is 13.3. The van der Waals surface area contributed by atoms with Gasteiger partial charge in [0, 0.05) is 18.5 Å². The first-order chi connectivity index (χ1) is 8.74. The second-order valence-electron chi connectivity index (χ2n) is 5.65. The van der Waals surface area contributed by atoms with E-state index in [1.54, 1.807) is 0 Å². The van der Waals surface area contributed by atoms with E-state index in [1.165, 1.54) is 51.4 Å². The van der Waals surface area contributed by atoms with Crippen molar-refractivity contribution in [2.45, 2.75) is 89.6 Å². The number of rotatable bonds is 11. The third-order valence-electron chi connectivity index (χ3n) is 3.69. The van der Waals surface area contributed by atoms with E-state index in [0.717, 1.165) is 12.8 Å². The molecular formula is C15H30N2O. The lowest BCUT2D eigenvalue weighted by atomic mass is 10.1. The van der Waals surface area contributed by atoms with Crippen molar-refractivity contribution in [2.24, 2.45) is 5.73 Å². The van der Waals surface area contributed by atoms with Gasteiger partial charge < -0.3 is 11.1 Å². The fourth-order valence-electron chi connectivity index (χ4n) is 2.26. The fourth-order valence-corrected chi connectivity index (χ4v) is 2.26. The van der Waals surface area contributed by atoms with Gasteiger partial charge in [-0.15, -0.1) is 0 Å². The highest BCUT2D eigenvalue weighted by Gasteiger charge is 2.34. The molecule has 3 nitrogen and oxygen atoms in total. The molecule has 0 spiro atoms. The largest absolute Gasteiger partial charge is 0.352 e. The van der Waals surface area contributed by atoms with Gasteiger partial charge in [0.25, 0.3) is 0 Å². The number of carbonyl (C=O) groups excluding carboxylic acids is 1. The lowest BCUT2D eigenvalue weighted by molar-refractivity contribution is -0.121. The van der Waals surface area contributed by atoms with E-state index in [-0.39, 0.29) is 18.0 Å². The normalized spacial score (nSPS) is 21.9. The van der Waals surface area contributed by atoms with Crippen molar-refractivity contribution in [3.05, 3.63) is 0 Å². The summed E-state index contributed by atoms with van der Waals surface area (Å²) in [4.78, 5) is 11.5. The van der Waals surface area contributed by atoms with Crippen molar-refractivity contribution in [2.75, 3.05) is 0 Å². The van der Waals surface area contributed by atoms with Crippen LogP contribution in [0.15, 0.2) is 0 Å². The van der Waals surface area contributed by atoms with Crippen LogP contribution < -0.4 is 11.1 Å². The maximum absolute atomic E-state index is 11.5. The van der Waals surface area contributed by atoms with E-state index >= 15 is 0 Å². The molecule has 1 amide bonds. The first-order valence-corrected chi connectivity index (χ1v) is 7.79. The molecule has 1 saturated carbocycles. The summed E-state index contributed by atoms with van der Waals surface area (Å²) in [5.41, 5.74) is 5.64. The maximum atomic E-state index is 11.5. The SMILES string of the molecule is CCCCCCCCCCCC(=O)NC1CC1N. The second kappa shape index (κ2) is 9.37. The molecule has 1 aliphatic carbocycles. The molecule has 3 N–H and O–H groups in total. The van der Waals surface area contributed by atoms with Gasteiger partial charge >= 0.3 is 0 Å². The number of carbonyl (C=O) groups is 1. The van der Waals surface area contributed by atoms with Crippen LogP contribution in [0.2, 0.25) is 0 Å². The molecule has 2 atom stereocenters. The van der Waals surface area contributed by atoms with Gasteiger partial charge in [0.15, 0.2) is 0 Å². The Balaban J connectivity index is 1.76. The highest BCUT2D eigenvalue weighted by molar-refractivity contribution is 5.76. The number of nitrogens with one attached hydrogen (secondary N) is 1. The molecule has 0 radical (unpaired) electrons. The fraction of sp³-hybridized carbons (Fsp3) is 0.933. The van der Waals surface area contributed by atoms with Crippen LogP contribution in [0.5, 0.6) is 0 Å². The van der Waals surface area contributed by atoms with Gasteiger partial charge in [0.05, 0.1) is 0 Å². The predicted molar refractivity (Wildman–Crippen MR) is 76.4 cm³/mol. The molecule has 1 fully saturated rings. The van der Waals surface area contributed by atoms with Gasteiger partial charge in [-0.1, -0.05) is 58.3 Å². The number of nitrogens with two attached hydrogens (primary N) is 1. The molecule has 0 bridgehead atoms. The van der Waals surface area contributed by atoms with Gasteiger partial charge in [-0.25, -0.2) is 0 Å². The third-order valence-corrected chi connectivity index (χ3v) is 3.69. The third kappa shape index (κ3) is 7.70. The zero-order valence-corrected chi connectivity index (χ0v) is 11.9. The molecule has 106 valence electrons. The van der Waals surface area contributed by atoms with E-state index in [0.29, 0.717) is 6.42 Å². The molecule has 1 aliphatic rings. The van der Waals surface area contributed by atoms with Crippen molar-refractivity contribution < 1.29 is 4.79 Å². The Bertz CT molecular complexity index is 231. The van der Waals surface area contributed by atoms with Crippen molar-refractivity contribution in [3.8, 4) is 0 Å². The molecule has 1 rings (SSSR count). The van der Waals surface area contributed by atoms with E-state index < -0.39 is 0 Å². The van der Waals surface area contributed by atoms with Crippen molar-refractivity contribution in [1.29, 1.82) is 0 Å². The van der Waals surface area contributed by atoms with Crippen LogP contribution in [0.25, 0.3) is 0 Å². The van der Waals surface area contributed by atoms with Crippen LogP contribution in [0.4, 0.5) is 0 Å². The maximum Gasteiger partial charge on any atom is 0.220 e. The van der Waals surface area contributed by atoms with Crippen LogP contribution in [-0.4, -0.2) is 18.0 Å². The summed E-state index contributed by atoms with van der Waals surface area (Å²) in [6.45, 7) is 2.25. The molecule has 0 aromatic heterocycles. The van der Waals surface area contributed by atoms with Gasteiger partial charge in [-0.2, -0.15) is 0 Å². The van der Waals surface area contributed by atoms with E-state index in [9.17, 15) is 4.79 Å². The highest BCUT2D eigenvalue weighted by atomic mass is 16.1. The minimum Gasteiger partial charge on any atom is -0.352 e. The molecule has 3 heteroatoms. The Hall–Kier alpha value is -0.570. The summed E-state index contributed by atoms with van der Waals surface area (Å²) in [7, 11) is 0. The molecule has 2 unspecified atom stereocenters. The average Bonchev–Trinajstić information content (AvgIpc) is 3.02. The Morgan fingerprint density at radius 3 is 2.06 bits per heavy atom. The van der Waals surface area contributed by atoms with Crippen molar-refractivity contribution in [1.82, 2.24) is 5.32 Å². The molecule has 0 aromatic carbocycles. The number of unbranched alkanes of at least 4 members (excludes halogenated alkanes) is 8. The number of hydrogen-bond donors (Lipinski definition) is 2. The monoisotopic (exact) mass is 254 g/mol. The van der Waals surface area contributed by atoms with Crippen LogP contribution >= 0.6 is 0 Å². The first kappa shape index (κ1) is 15.5. The molecular weight excluding hydrogens is 224 g/mol. The minimum absolute atomic E-state index is 0.191. The molecule has 0 heterocycles. The highest BCUT2D eigenvalue weighted by Crippen LogP contribution is 2.18. The van der Waals surface area contributed by atoms with Gasteiger partial charge in [-0.3, -0.25) is 4.79 Å². The molecule has 0 aliphatic heterocycles. The van der Waals surface area contributed by atoms with E-state index in [1.807, 2.05) is 0 Å². The van der Waals surface area contributed by atoms with Crippen molar-refractivity contribution in [3.63, 3.8) is 0 Å². The lowest BCUT2D eigenvalue weighted by Gasteiger charge is -2.04. The summed E-state index contributed by atoms with van der Waals surface area (Å²) >= 11 is 0. The van der Waals surface area contributed by atoms with Crippen LogP contribution in [0.3, 0.4) is 0 Å². The zero-order valence-electron chi connectivity index (χ0n) is 11.9. The van der Waals surface area contributed by atoms with Gasteiger partial charge in [0.1, 0.15) is 0 Å². The molecule has 0 saturated heterocycles. The Morgan fingerprint density at radius 2 is 1.56 bits per heavy atom. The van der Waals surface area contributed by atoms with Crippen LogP contribution in [-0.2, 0) is 4.79 Å². The quantitative estimate of drug-likeness (QED) is 0.557. The summed E-state index contributed by atoms with van der Waals surface area (Å²) in [6, 6.07) is 0.494. The Kier molecular flexibility index (Phi) is 8.06. The lowest BCUT2D eigenvalue weighted by Crippen LogP contribution is -2.29. The Morgan fingerprint density at radius 1 is 1.06 bits per heavy atom. The summed E-state index contributed by atoms with van der Waals surface area (Å²) in [5, 5.41) is 2.96. The number of hydrogen-bond acceptors (Lipinski definition) is 2.